The van der Waals surface area contributed by atoms with Crippen LogP contribution in [-0.4, -0.2) is 35.2 Å². The monoisotopic (exact) mass is 175 g/mol. The first-order valence-corrected chi connectivity index (χ1v) is 3.80. The average molecular weight is 175 g/mol. The normalized spacial score (nSPS) is 9.42. The first-order valence-electron chi connectivity index (χ1n) is 3.80. The molecule has 0 aliphatic rings. The van der Waals surface area contributed by atoms with Crippen molar-refractivity contribution in [2.45, 2.75) is 19.3 Å². The van der Waals surface area contributed by atoms with Crippen LogP contribution in [0.4, 0.5) is 0 Å². The minimum absolute atomic E-state index is 0.132. The summed E-state index contributed by atoms with van der Waals surface area (Å²) in [5, 5.41) is 18.7. The molecule has 0 heterocycles. The molecule has 0 saturated carbocycles. The summed E-state index contributed by atoms with van der Waals surface area (Å²) in [5.41, 5.74) is 0. The van der Waals surface area contributed by atoms with Gasteiger partial charge in [-0.2, -0.15) is 0 Å². The summed E-state index contributed by atoms with van der Waals surface area (Å²) < 4.78 is 0. The van der Waals surface area contributed by atoms with Crippen molar-refractivity contribution in [2.75, 3.05) is 13.2 Å². The van der Waals surface area contributed by atoms with Crippen LogP contribution < -0.4 is 5.32 Å². The smallest absolute Gasteiger partial charge is 0.394 e. The molecule has 0 unspecified atom stereocenters. The maximum atomic E-state index is 10.4. The lowest BCUT2D eigenvalue weighted by molar-refractivity contribution is -0.150. The van der Waals surface area contributed by atoms with E-state index in [0.717, 1.165) is 6.42 Å². The lowest BCUT2D eigenvalue weighted by atomic mass is 10.2. The molecule has 0 fully saturated rings. The van der Waals surface area contributed by atoms with Crippen LogP contribution in [0.1, 0.15) is 19.3 Å². The van der Waals surface area contributed by atoms with Crippen molar-refractivity contribution < 1.29 is 19.8 Å². The third kappa shape index (κ3) is 5.67. The molecule has 70 valence electrons. The topological polar surface area (TPSA) is 86.6 Å². The summed E-state index contributed by atoms with van der Waals surface area (Å²) in [7, 11) is 0. The van der Waals surface area contributed by atoms with Crippen LogP contribution in [-0.2, 0) is 9.59 Å². The van der Waals surface area contributed by atoms with E-state index in [-0.39, 0.29) is 6.61 Å². The molecule has 0 rings (SSSR count). The Labute approximate surface area is 70.4 Å². The van der Waals surface area contributed by atoms with Gasteiger partial charge >= 0.3 is 11.9 Å². The summed E-state index contributed by atoms with van der Waals surface area (Å²) in [5.74, 6) is -2.43. The predicted molar refractivity (Wildman–Crippen MR) is 41.6 cm³/mol. The van der Waals surface area contributed by atoms with Crippen molar-refractivity contribution in [1.82, 2.24) is 5.32 Å². The highest BCUT2D eigenvalue weighted by molar-refractivity contribution is 6.31. The average Bonchev–Trinajstić information content (AvgIpc) is 2.03. The van der Waals surface area contributed by atoms with Crippen molar-refractivity contribution in [3.63, 3.8) is 0 Å². The van der Waals surface area contributed by atoms with Gasteiger partial charge in [-0.15, -0.1) is 0 Å². The number of unbranched alkanes of at least 4 members (excludes halogenated alkanes) is 2. The number of carbonyl (C=O) groups excluding carboxylic acids is 1. The van der Waals surface area contributed by atoms with E-state index in [1.54, 1.807) is 0 Å². The van der Waals surface area contributed by atoms with Crippen LogP contribution in [0.5, 0.6) is 0 Å². The lowest BCUT2D eigenvalue weighted by Gasteiger charge is -2.00. The fourth-order valence-corrected chi connectivity index (χ4v) is 0.691. The van der Waals surface area contributed by atoms with Gasteiger partial charge in [-0.3, -0.25) is 4.79 Å². The van der Waals surface area contributed by atoms with Gasteiger partial charge in [-0.25, -0.2) is 4.79 Å². The highest BCUT2D eigenvalue weighted by Gasteiger charge is 2.08. The molecule has 0 aromatic carbocycles. The van der Waals surface area contributed by atoms with Crippen LogP contribution in [0.15, 0.2) is 0 Å². The summed E-state index contributed by atoms with van der Waals surface area (Å²) in [6.07, 6.45) is 2.17. The Morgan fingerprint density at radius 1 is 1.17 bits per heavy atom. The summed E-state index contributed by atoms with van der Waals surface area (Å²) >= 11 is 0. The van der Waals surface area contributed by atoms with Gasteiger partial charge in [0.05, 0.1) is 0 Å². The van der Waals surface area contributed by atoms with Crippen LogP contribution in [0, 0.1) is 0 Å². The van der Waals surface area contributed by atoms with Crippen LogP contribution in [0.25, 0.3) is 0 Å². The van der Waals surface area contributed by atoms with Gasteiger partial charge in [0.15, 0.2) is 0 Å². The van der Waals surface area contributed by atoms with Gasteiger partial charge < -0.3 is 15.5 Å². The van der Waals surface area contributed by atoms with E-state index in [0.29, 0.717) is 19.4 Å². The quantitative estimate of drug-likeness (QED) is 0.383. The molecule has 5 nitrogen and oxygen atoms in total. The molecule has 0 saturated heterocycles. The number of hydrogen-bond donors (Lipinski definition) is 3. The third-order valence-corrected chi connectivity index (χ3v) is 1.31. The second-order valence-electron chi connectivity index (χ2n) is 2.35. The number of carbonyl (C=O) groups is 2. The molecule has 0 aliphatic heterocycles. The molecular weight excluding hydrogens is 162 g/mol. The number of rotatable bonds is 5. The van der Waals surface area contributed by atoms with Gasteiger partial charge in [0.25, 0.3) is 0 Å². The highest BCUT2D eigenvalue weighted by Crippen LogP contribution is 1.91. The predicted octanol–water partition coefficient (Wildman–Crippen LogP) is -0.650. The molecular formula is C7H13NO4. The molecule has 1 amide bonds. The summed E-state index contributed by atoms with van der Waals surface area (Å²) in [6.45, 7) is 0.484. The van der Waals surface area contributed by atoms with Crippen molar-refractivity contribution in [3.8, 4) is 0 Å². The Morgan fingerprint density at radius 2 is 1.83 bits per heavy atom. The van der Waals surface area contributed by atoms with Crippen LogP contribution in [0.3, 0.4) is 0 Å². The fraction of sp³-hybridized carbons (Fsp3) is 0.714. The van der Waals surface area contributed by atoms with Gasteiger partial charge in [0, 0.05) is 13.2 Å². The van der Waals surface area contributed by atoms with Crippen molar-refractivity contribution >= 4 is 11.9 Å². The number of carboxylic acid groups (broad SMARTS) is 1. The van der Waals surface area contributed by atoms with E-state index in [2.05, 4.69) is 5.32 Å². The van der Waals surface area contributed by atoms with Crippen molar-refractivity contribution in [3.05, 3.63) is 0 Å². The van der Waals surface area contributed by atoms with Crippen molar-refractivity contribution in [2.24, 2.45) is 0 Å². The zero-order chi connectivity index (χ0) is 9.40. The van der Waals surface area contributed by atoms with E-state index >= 15 is 0 Å². The second kappa shape index (κ2) is 6.60. The van der Waals surface area contributed by atoms with Crippen molar-refractivity contribution in [1.29, 1.82) is 0 Å². The standard InChI is InChI=1S/C7H13NO4/c9-5-3-1-2-4-8-6(10)7(11)12/h9H,1-5H2,(H,8,10)(H,11,12). The largest absolute Gasteiger partial charge is 0.474 e. The van der Waals surface area contributed by atoms with E-state index in [1.807, 2.05) is 0 Å². The molecule has 0 aliphatic carbocycles. The zero-order valence-corrected chi connectivity index (χ0v) is 6.75. The molecule has 0 aromatic heterocycles. The fourth-order valence-electron chi connectivity index (χ4n) is 0.691. The Morgan fingerprint density at radius 3 is 2.33 bits per heavy atom. The van der Waals surface area contributed by atoms with E-state index in [4.69, 9.17) is 10.2 Å². The van der Waals surface area contributed by atoms with Gasteiger partial charge in [0.2, 0.25) is 0 Å². The lowest BCUT2D eigenvalue weighted by Crippen LogP contribution is -2.31. The number of aliphatic hydroxyl groups excluding tert-OH is 1. The summed E-state index contributed by atoms with van der Waals surface area (Å²) in [6, 6.07) is 0. The molecule has 3 N–H and O–H groups in total. The molecule has 0 spiro atoms. The van der Waals surface area contributed by atoms with E-state index in [9.17, 15) is 9.59 Å². The van der Waals surface area contributed by atoms with Crippen LogP contribution >= 0.6 is 0 Å². The molecule has 0 aromatic rings. The Bertz CT molecular complexity index is 157. The molecule has 0 atom stereocenters. The molecule has 0 radical (unpaired) electrons. The number of carboxylic acids is 1. The maximum Gasteiger partial charge on any atom is 0.394 e. The number of aliphatic hydroxyl groups is 1. The zero-order valence-electron chi connectivity index (χ0n) is 6.75. The van der Waals surface area contributed by atoms with E-state index in [1.165, 1.54) is 0 Å². The maximum absolute atomic E-state index is 10.4. The first kappa shape index (κ1) is 10.9. The molecule has 5 heteroatoms. The third-order valence-electron chi connectivity index (χ3n) is 1.31. The SMILES string of the molecule is O=C(O)C(=O)NCCCCCO. The number of hydrogen-bond acceptors (Lipinski definition) is 3. The number of amides is 1. The van der Waals surface area contributed by atoms with E-state index < -0.39 is 11.9 Å². The minimum Gasteiger partial charge on any atom is -0.474 e. The highest BCUT2D eigenvalue weighted by atomic mass is 16.4. The van der Waals surface area contributed by atoms with Gasteiger partial charge in [-0.05, 0) is 19.3 Å². The van der Waals surface area contributed by atoms with Crippen LogP contribution in [0.2, 0.25) is 0 Å². The molecule has 0 bridgehead atoms. The first-order chi connectivity index (χ1) is 5.68. The second-order valence-corrected chi connectivity index (χ2v) is 2.35. The minimum atomic E-state index is -1.46. The Kier molecular flexibility index (Phi) is 6.00. The van der Waals surface area contributed by atoms with Gasteiger partial charge in [0.1, 0.15) is 0 Å². The Hall–Kier alpha value is -1.10. The van der Waals surface area contributed by atoms with Gasteiger partial charge in [-0.1, -0.05) is 0 Å². The summed E-state index contributed by atoms with van der Waals surface area (Å²) in [4.78, 5) is 20.4. The number of nitrogens with one attached hydrogen (secondary N) is 1. The Balaban J connectivity index is 3.20. The molecule has 12 heavy (non-hydrogen) atoms. The number of aliphatic carboxylic acids is 1.